The highest BCUT2D eigenvalue weighted by atomic mass is 19.3. The Morgan fingerprint density at radius 1 is 1.26 bits per heavy atom. The molecule has 1 fully saturated rings. The zero-order chi connectivity index (χ0) is 16.8. The van der Waals surface area contributed by atoms with Crippen molar-refractivity contribution in [3.05, 3.63) is 35.2 Å². The van der Waals surface area contributed by atoms with Crippen LogP contribution in [-0.4, -0.2) is 22.7 Å². The van der Waals surface area contributed by atoms with Gasteiger partial charge in [-0.1, -0.05) is 23.4 Å². The van der Waals surface area contributed by atoms with Crippen LogP contribution in [0.4, 0.5) is 8.78 Å². The Labute approximate surface area is 134 Å². The van der Waals surface area contributed by atoms with Crippen molar-refractivity contribution in [3.63, 3.8) is 0 Å². The molecular formula is C17H23F2N3O. The molecule has 126 valence electrons. The number of halogens is 2. The summed E-state index contributed by atoms with van der Waals surface area (Å²) in [6, 6.07) is -0.423. The summed E-state index contributed by atoms with van der Waals surface area (Å²) in [5, 5.41) is 3.95. The van der Waals surface area contributed by atoms with Gasteiger partial charge < -0.3 is 16.0 Å². The Balaban J connectivity index is 1.82. The average molecular weight is 323 g/mol. The zero-order valence-electron chi connectivity index (χ0n) is 13.5. The molecule has 2 unspecified atom stereocenters. The summed E-state index contributed by atoms with van der Waals surface area (Å²) in [6.45, 7) is 3.72. The number of hydrogen-bond acceptors (Lipinski definition) is 4. The molecule has 1 aromatic rings. The maximum atomic E-state index is 13.4. The van der Waals surface area contributed by atoms with Crippen molar-refractivity contribution >= 4 is 5.57 Å². The Morgan fingerprint density at radius 2 is 1.91 bits per heavy atom. The first-order chi connectivity index (χ1) is 10.7. The lowest BCUT2D eigenvalue weighted by molar-refractivity contribution is -0.0524. The number of aromatic nitrogens is 1. The number of hydrogen-bond donors (Lipinski definition) is 2. The van der Waals surface area contributed by atoms with Crippen LogP contribution in [0.15, 0.2) is 22.8 Å². The highest BCUT2D eigenvalue weighted by molar-refractivity contribution is 5.78. The second kappa shape index (κ2) is 5.53. The van der Waals surface area contributed by atoms with E-state index in [4.69, 9.17) is 16.0 Å². The topological polar surface area (TPSA) is 78.1 Å². The molecule has 0 spiro atoms. The molecule has 1 heterocycles. The fourth-order valence-electron chi connectivity index (χ4n) is 3.75. The second-order valence-electron chi connectivity index (χ2n) is 6.81. The van der Waals surface area contributed by atoms with E-state index in [9.17, 15) is 8.78 Å². The van der Waals surface area contributed by atoms with Gasteiger partial charge in [0.15, 0.2) is 0 Å². The van der Waals surface area contributed by atoms with Crippen molar-refractivity contribution in [2.75, 3.05) is 0 Å². The minimum atomic E-state index is -2.56. The van der Waals surface area contributed by atoms with E-state index in [1.807, 2.05) is 32.1 Å². The zero-order valence-corrected chi connectivity index (χ0v) is 13.5. The van der Waals surface area contributed by atoms with Gasteiger partial charge in [-0.3, -0.25) is 0 Å². The van der Waals surface area contributed by atoms with Gasteiger partial charge in [0, 0.05) is 24.4 Å². The predicted octanol–water partition coefficient (Wildman–Crippen LogP) is 3.09. The van der Waals surface area contributed by atoms with Crippen LogP contribution in [0.25, 0.3) is 5.57 Å². The van der Waals surface area contributed by atoms with E-state index >= 15 is 0 Å². The van der Waals surface area contributed by atoms with Crippen molar-refractivity contribution in [3.8, 4) is 0 Å². The van der Waals surface area contributed by atoms with Crippen molar-refractivity contribution in [2.24, 2.45) is 17.4 Å². The van der Waals surface area contributed by atoms with Crippen LogP contribution in [0.2, 0.25) is 0 Å². The predicted molar refractivity (Wildman–Crippen MR) is 84.9 cm³/mol. The number of rotatable bonds is 2. The SMILES string of the molecule is Cc1noc(C)c1C1=CC(N)C(N)(C2CCC(F)(F)CC2)C=C1. The molecule has 0 saturated heterocycles. The van der Waals surface area contributed by atoms with Crippen LogP contribution >= 0.6 is 0 Å². The lowest BCUT2D eigenvalue weighted by atomic mass is 9.68. The molecule has 3 rings (SSSR count). The minimum Gasteiger partial charge on any atom is -0.361 e. The molecule has 4 nitrogen and oxygen atoms in total. The average Bonchev–Trinajstić information content (AvgIpc) is 2.81. The monoisotopic (exact) mass is 323 g/mol. The summed E-state index contributed by atoms with van der Waals surface area (Å²) < 4.78 is 32.0. The molecule has 0 radical (unpaired) electrons. The number of aryl methyl sites for hydroxylation is 2. The van der Waals surface area contributed by atoms with E-state index in [0.29, 0.717) is 12.8 Å². The Hall–Kier alpha value is -1.53. The van der Waals surface area contributed by atoms with E-state index in [0.717, 1.165) is 22.6 Å². The fraction of sp³-hybridized carbons (Fsp3) is 0.588. The van der Waals surface area contributed by atoms with Gasteiger partial charge in [0.25, 0.3) is 0 Å². The maximum absolute atomic E-state index is 13.4. The summed E-state index contributed by atoms with van der Waals surface area (Å²) in [7, 11) is 0. The summed E-state index contributed by atoms with van der Waals surface area (Å²) in [4.78, 5) is 0. The molecule has 23 heavy (non-hydrogen) atoms. The number of nitrogens with zero attached hydrogens (tertiary/aromatic N) is 1. The summed E-state index contributed by atoms with van der Waals surface area (Å²) in [5.41, 5.74) is 14.7. The molecule has 2 atom stereocenters. The van der Waals surface area contributed by atoms with E-state index in [2.05, 4.69) is 5.16 Å². The van der Waals surface area contributed by atoms with Crippen LogP contribution in [0, 0.1) is 19.8 Å². The Kier molecular flexibility index (Phi) is 3.92. The molecule has 1 saturated carbocycles. The van der Waals surface area contributed by atoms with Gasteiger partial charge in [-0.25, -0.2) is 8.78 Å². The van der Waals surface area contributed by atoms with Crippen LogP contribution in [0.5, 0.6) is 0 Å². The standard InChI is InChI=1S/C17H23F2N3O/c1-10-15(11(2)23-22-10)12-3-8-17(21,14(20)9-12)13-4-6-16(18,19)7-5-13/h3,8-9,13-14H,4-7,20-21H2,1-2H3. The fourth-order valence-corrected chi connectivity index (χ4v) is 3.75. The molecule has 4 N–H and O–H groups in total. The summed E-state index contributed by atoms with van der Waals surface area (Å²) in [5.74, 6) is -1.87. The second-order valence-corrected chi connectivity index (χ2v) is 6.81. The summed E-state index contributed by atoms with van der Waals surface area (Å²) >= 11 is 0. The normalized spacial score (nSPS) is 31.2. The van der Waals surface area contributed by atoms with Gasteiger partial charge in [-0.15, -0.1) is 0 Å². The number of alkyl halides is 2. The van der Waals surface area contributed by atoms with Gasteiger partial charge >= 0.3 is 0 Å². The van der Waals surface area contributed by atoms with Gasteiger partial charge in [0.1, 0.15) is 5.76 Å². The smallest absolute Gasteiger partial charge is 0.248 e. The third-order valence-electron chi connectivity index (χ3n) is 5.23. The van der Waals surface area contributed by atoms with Crippen LogP contribution in [-0.2, 0) is 0 Å². The third kappa shape index (κ3) is 2.85. The van der Waals surface area contributed by atoms with Gasteiger partial charge in [-0.2, -0.15) is 0 Å². The van der Waals surface area contributed by atoms with Crippen LogP contribution < -0.4 is 11.5 Å². The van der Waals surface area contributed by atoms with Crippen LogP contribution in [0.3, 0.4) is 0 Å². The Bertz CT molecular complexity index is 635. The van der Waals surface area contributed by atoms with E-state index in [-0.39, 0.29) is 18.8 Å². The molecule has 0 aliphatic heterocycles. The first kappa shape index (κ1) is 16.3. The maximum Gasteiger partial charge on any atom is 0.248 e. The number of allylic oxidation sites excluding steroid dienone is 2. The van der Waals surface area contributed by atoms with Gasteiger partial charge in [0.2, 0.25) is 5.92 Å². The van der Waals surface area contributed by atoms with E-state index < -0.39 is 17.5 Å². The quantitative estimate of drug-likeness (QED) is 0.876. The Morgan fingerprint density at radius 3 is 2.43 bits per heavy atom. The highest BCUT2D eigenvalue weighted by Gasteiger charge is 2.45. The third-order valence-corrected chi connectivity index (χ3v) is 5.23. The van der Waals surface area contributed by atoms with Crippen molar-refractivity contribution in [1.29, 1.82) is 0 Å². The summed E-state index contributed by atoms with van der Waals surface area (Å²) in [6.07, 6.45) is 6.27. The molecule has 6 heteroatoms. The number of nitrogens with two attached hydrogens (primary N) is 2. The van der Waals surface area contributed by atoms with Crippen molar-refractivity contribution in [1.82, 2.24) is 5.16 Å². The highest BCUT2D eigenvalue weighted by Crippen LogP contribution is 2.43. The lowest BCUT2D eigenvalue weighted by Gasteiger charge is -2.43. The molecule has 0 aromatic carbocycles. The minimum absolute atomic E-state index is 0.0316. The van der Waals surface area contributed by atoms with Gasteiger partial charge in [0.05, 0.1) is 11.2 Å². The lowest BCUT2D eigenvalue weighted by Crippen LogP contribution is -2.60. The largest absolute Gasteiger partial charge is 0.361 e. The first-order valence-electron chi connectivity index (χ1n) is 7.99. The molecular weight excluding hydrogens is 300 g/mol. The molecule has 0 bridgehead atoms. The van der Waals surface area contributed by atoms with Crippen molar-refractivity contribution < 1.29 is 13.3 Å². The van der Waals surface area contributed by atoms with Gasteiger partial charge in [-0.05, 0) is 38.2 Å². The molecule has 0 amide bonds. The first-order valence-corrected chi connectivity index (χ1v) is 7.99. The molecule has 1 aromatic heterocycles. The van der Waals surface area contributed by atoms with Crippen molar-refractivity contribution in [2.45, 2.75) is 57.0 Å². The van der Waals surface area contributed by atoms with Crippen LogP contribution in [0.1, 0.15) is 42.7 Å². The van der Waals surface area contributed by atoms with E-state index in [1.54, 1.807) is 0 Å². The van der Waals surface area contributed by atoms with E-state index in [1.165, 1.54) is 0 Å². The molecule has 2 aliphatic rings. The molecule has 2 aliphatic carbocycles.